The molecule has 1 aromatic carbocycles. The first-order valence-corrected chi connectivity index (χ1v) is 11.5. The third-order valence-corrected chi connectivity index (χ3v) is 6.68. The number of piperidine rings is 1. The van der Waals surface area contributed by atoms with Gasteiger partial charge in [-0.05, 0) is 25.3 Å². The summed E-state index contributed by atoms with van der Waals surface area (Å²) in [7, 11) is 1.37. The van der Waals surface area contributed by atoms with Gasteiger partial charge in [0.2, 0.25) is 5.91 Å². The van der Waals surface area contributed by atoms with Crippen molar-refractivity contribution in [3.63, 3.8) is 0 Å². The molecular weight excluding hydrogens is 428 g/mol. The van der Waals surface area contributed by atoms with Crippen molar-refractivity contribution in [2.75, 3.05) is 20.2 Å². The Labute approximate surface area is 189 Å². The summed E-state index contributed by atoms with van der Waals surface area (Å²) in [5.41, 5.74) is 2.88. The van der Waals surface area contributed by atoms with Crippen molar-refractivity contribution in [3.05, 3.63) is 51.9 Å². The molecule has 0 aliphatic carbocycles. The summed E-state index contributed by atoms with van der Waals surface area (Å²) in [6.45, 7) is 3.39. The highest BCUT2D eigenvalue weighted by atomic mass is 32.1. The standard InChI is InChI=1S/C23H26N4O4S/c1-15-3-5-16(6-4-15)18-13-32-21-20(18)22(29)27(14-24-21)12-9-19(28)25-17-7-10-26(11-8-17)23(30)31-2/h3-6,13-14,17H,7-12H2,1-2H3,(H,25,28). The molecule has 1 saturated heterocycles. The smallest absolute Gasteiger partial charge is 0.409 e. The summed E-state index contributed by atoms with van der Waals surface area (Å²) in [4.78, 5) is 43.9. The Hall–Kier alpha value is -3.20. The zero-order valence-corrected chi connectivity index (χ0v) is 19.0. The fourth-order valence-electron chi connectivity index (χ4n) is 3.93. The molecule has 32 heavy (non-hydrogen) atoms. The fraction of sp³-hybridized carbons (Fsp3) is 0.391. The maximum absolute atomic E-state index is 13.1. The van der Waals surface area contributed by atoms with Crippen LogP contribution in [0.4, 0.5) is 4.79 Å². The fourth-order valence-corrected chi connectivity index (χ4v) is 4.84. The van der Waals surface area contributed by atoms with E-state index in [1.165, 1.54) is 29.3 Å². The van der Waals surface area contributed by atoms with Crippen LogP contribution in [-0.2, 0) is 16.1 Å². The van der Waals surface area contributed by atoms with E-state index in [-0.39, 0.29) is 36.6 Å². The monoisotopic (exact) mass is 454 g/mol. The molecule has 0 atom stereocenters. The van der Waals surface area contributed by atoms with Crippen LogP contribution in [0.3, 0.4) is 0 Å². The van der Waals surface area contributed by atoms with Crippen molar-refractivity contribution in [2.24, 2.45) is 0 Å². The molecule has 2 aromatic heterocycles. The van der Waals surface area contributed by atoms with Gasteiger partial charge in [0.05, 0.1) is 18.8 Å². The molecule has 3 heterocycles. The molecule has 168 valence electrons. The first-order valence-electron chi connectivity index (χ1n) is 10.6. The van der Waals surface area contributed by atoms with Gasteiger partial charge in [-0.2, -0.15) is 0 Å². The number of nitrogens with one attached hydrogen (secondary N) is 1. The zero-order chi connectivity index (χ0) is 22.7. The molecule has 0 bridgehead atoms. The molecule has 3 aromatic rings. The van der Waals surface area contributed by atoms with Crippen molar-refractivity contribution >= 4 is 33.6 Å². The number of nitrogens with zero attached hydrogens (tertiary/aromatic N) is 3. The van der Waals surface area contributed by atoms with Gasteiger partial charge in [-0.15, -0.1) is 11.3 Å². The second-order valence-corrected chi connectivity index (χ2v) is 8.85. The number of fused-ring (bicyclic) bond motifs is 1. The van der Waals surface area contributed by atoms with E-state index < -0.39 is 0 Å². The van der Waals surface area contributed by atoms with Gasteiger partial charge in [-0.1, -0.05) is 29.8 Å². The van der Waals surface area contributed by atoms with Crippen LogP contribution in [0, 0.1) is 6.92 Å². The van der Waals surface area contributed by atoms with Gasteiger partial charge in [-0.25, -0.2) is 9.78 Å². The van der Waals surface area contributed by atoms with Crippen LogP contribution in [0.1, 0.15) is 24.8 Å². The van der Waals surface area contributed by atoms with Gasteiger partial charge in [0.1, 0.15) is 4.83 Å². The molecule has 1 N–H and O–H groups in total. The molecule has 4 rings (SSSR count). The number of methoxy groups -OCH3 is 1. The maximum atomic E-state index is 13.1. The van der Waals surface area contributed by atoms with Gasteiger partial charge < -0.3 is 15.0 Å². The van der Waals surface area contributed by atoms with E-state index in [0.29, 0.717) is 36.1 Å². The predicted molar refractivity (Wildman–Crippen MR) is 124 cm³/mol. The third kappa shape index (κ3) is 4.67. The molecule has 0 saturated carbocycles. The number of aryl methyl sites for hydroxylation is 2. The molecule has 1 fully saturated rings. The maximum Gasteiger partial charge on any atom is 0.409 e. The van der Waals surface area contributed by atoms with Crippen LogP contribution in [-0.4, -0.2) is 52.7 Å². The summed E-state index contributed by atoms with van der Waals surface area (Å²) in [5, 5.41) is 5.56. The van der Waals surface area contributed by atoms with Crippen LogP contribution in [0.25, 0.3) is 21.3 Å². The van der Waals surface area contributed by atoms with Crippen molar-refractivity contribution in [1.82, 2.24) is 19.8 Å². The molecule has 0 spiro atoms. The highest BCUT2D eigenvalue weighted by Crippen LogP contribution is 2.30. The lowest BCUT2D eigenvalue weighted by molar-refractivity contribution is -0.122. The van der Waals surface area contributed by atoms with Crippen LogP contribution < -0.4 is 10.9 Å². The first kappa shape index (κ1) is 22.0. The number of amides is 2. The Bertz CT molecular complexity index is 1180. The van der Waals surface area contributed by atoms with Crippen molar-refractivity contribution < 1.29 is 14.3 Å². The number of carbonyl (C=O) groups excluding carboxylic acids is 2. The van der Waals surface area contributed by atoms with E-state index in [0.717, 1.165) is 16.7 Å². The third-order valence-electron chi connectivity index (χ3n) is 5.80. The van der Waals surface area contributed by atoms with Crippen molar-refractivity contribution in [2.45, 2.75) is 38.8 Å². The predicted octanol–water partition coefficient (Wildman–Crippen LogP) is 3.17. The zero-order valence-electron chi connectivity index (χ0n) is 18.2. The van der Waals surface area contributed by atoms with Gasteiger partial charge in [0, 0.05) is 43.0 Å². The molecule has 9 heteroatoms. The Kier molecular flexibility index (Phi) is 6.55. The van der Waals surface area contributed by atoms with Gasteiger partial charge >= 0.3 is 6.09 Å². The van der Waals surface area contributed by atoms with E-state index in [2.05, 4.69) is 10.3 Å². The Balaban J connectivity index is 1.40. The van der Waals surface area contributed by atoms with Crippen molar-refractivity contribution in [1.29, 1.82) is 0 Å². The number of hydrogen-bond donors (Lipinski definition) is 1. The quantitative estimate of drug-likeness (QED) is 0.639. The second kappa shape index (κ2) is 9.52. The molecule has 1 aliphatic heterocycles. The Morgan fingerprint density at radius 3 is 2.62 bits per heavy atom. The normalized spacial score (nSPS) is 14.5. The first-order chi connectivity index (χ1) is 15.5. The van der Waals surface area contributed by atoms with Crippen LogP contribution in [0.5, 0.6) is 0 Å². The number of aromatic nitrogens is 2. The average Bonchev–Trinajstić information content (AvgIpc) is 3.24. The van der Waals surface area contributed by atoms with Crippen LogP contribution in [0.15, 0.2) is 40.8 Å². The van der Waals surface area contributed by atoms with Crippen molar-refractivity contribution in [3.8, 4) is 11.1 Å². The summed E-state index contributed by atoms with van der Waals surface area (Å²) in [6.07, 6.45) is 2.73. The SMILES string of the molecule is COC(=O)N1CCC(NC(=O)CCn2cnc3scc(-c4ccc(C)cc4)c3c2=O)CC1. The number of hydrogen-bond acceptors (Lipinski definition) is 6. The summed E-state index contributed by atoms with van der Waals surface area (Å²) < 4.78 is 6.24. The van der Waals surface area contributed by atoms with E-state index >= 15 is 0 Å². The number of likely N-dealkylation sites (tertiary alicyclic amines) is 1. The lowest BCUT2D eigenvalue weighted by Gasteiger charge is -2.31. The van der Waals surface area contributed by atoms with E-state index in [9.17, 15) is 14.4 Å². The second-order valence-electron chi connectivity index (χ2n) is 7.99. The molecule has 8 nitrogen and oxygen atoms in total. The van der Waals surface area contributed by atoms with E-state index in [1.807, 2.05) is 36.6 Å². The number of benzene rings is 1. The average molecular weight is 455 g/mol. The summed E-state index contributed by atoms with van der Waals surface area (Å²) in [6, 6.07) is 8.08. The van der Waals surface area contributed by atoms with Gasteiger partial charge in [0.15, 0.2) is 0 Å². The number of thiophene rings is 1. The minimum absolute atomic E-state index is 0.0192. The highest BCUT2D eigenvalue weighted by Gasteiger charge is 2.24. The minimum Gasteiger partial charge on any atom is -0.453 e. The highest BCUT2D eigenvalue weighted by molar-refractivity contribution is 7.17. The van der Waals surface area contributed by atoms with Gasteiger partial charge in [0.25, 0.3) is 5.56 Å². The largest absolute Gasteiger partial charge is 0.453 e. The number of carbonyl (C=O) groups is 2. The summed E-state index contributed by atoms with van der Waals surface area (Å²) in [5.74, 6) is -0.113. The van der Waals surface area contributed by atoms with E-state index in [4.69, 9.17) is 4.74 Å². The lowest BCUT2D eigenvalue weighted by Crippen LogP contribution is -2.46. The molecule has 1 aliphatic rings. The lowest BCUT2D eigenvalue weighted by atomic mass is 10.0. The number of ether oxygens (including phenoxy) is 1. The Morgan fingerprint density at radius 1 is 1.22 bits per heavy atom. The van der Waals surface area contributed by atoms with E-state index in [1.54, 1.807) is 4.90 Å². The number of rotatable bonds is 5. The topological polar surface area (TPSA) is 93.5 Å². The van der Waals surface area contributed by atoms with Crippen LogP contribution in [0.2, 0.25) is 0 Å². The molecular formula is C23H26N4O4S. The Morgan fingerprint density at radius 2 is 1.94 bits per heavy atom. The molecule has 2 amide bonds. The molecule has 0 radical (unpaired) electrons. The minimum atomic E-state index is -0.338. The van der Waals surface area contributed by atoms with Crippen LogP contribution >= 0.6 is 11.3 Å². The molecule has 0 unspecified atom stereocenters. The van der Waals surface area contributed by atoms with Gasteiger partial charge in [-0.3, -0.25) is 14.2 Å². The summed E-state index contributed by atoms with van der Waals surface area (Å²) >= 11 is 1.45.